The molecule has 1 N–H and O–H groups in total. The average Bonchev–Trinajstić information content (AvgIpc) is 2.42. The van der Waals surface area contributed by atoms with E-state index in [1.165, 1.54) is 5.56 Å². The Labute approximate surface area is 117 Å². The van der Waals surface area contributed by atoms with E-state index in [1.807, 2.05) is 13.2 Å². The van der Waals surface area contributed by atoms with Crippen LogP contribution in [0.4, 0.5) is 5.82 Å². The van der Waals surface area contributed by atoms with Crippen LogP contribution in [0, 0.1) is 5.92 Å². The van der Waals surface area contributed by atoms with Gasteiger partial charge in [0.1, 0.15) is 5.82 Å². The fraction of sp³-hybridized carbons (Fsp3) is 0.667. The molecule has 1 aromatic heterocycles. The van der Waals surface area contributed by atoms with Gasteiger partial charge in [0.25, 0.3) is 0 Å². The number of aromatic nitrogens is 1. The number of rotatable bonds is 8. The first-order valence-electron chi connectivity index (χ1n) is 6.95. The van der Waals surface area contributed by atoms with E-state index in [4.69, 9.17) is 4.74 Å². The minimum Gasteiger partial charge on any atom is -0.383 e. The van der Waals surface area contributed by atoms with Gasteiger partial charge >= 0.3 is 0 Å². The highest BCUT2D eigenvalue weighted by atomic mass is 16.5. The molecule has 0 aliphatic carbocycles. The molecule has 108 valence electrons. The van der Waals surface area contributed by atoms with Crippen molar-refractivity contribution in [3.8, 4) is 0 Å². The lowest BCUT2D eigenvalue weighted by Crippen LogP contribution is -2.31. The molecule has 1 heterocycles. The second kappa shape index (κ2) is 8.12. The number of hydrogen-bond donors (Lipinski definition) is 1. The second-order valence-corrected chi connectivity index (χ2v) is 5.29. The molecule has 1 atom stereocenters. The summed E-state index contributed by atoms with van der Waals surface area (Å²) in [5.41, 5.74) is 1.26. The largest absolute Gasteiger partial charge is 0.383 e. The number of nitrogens with zero attached hydrogens (tertiary/aromatic N) is 2. The standard InChI is InChI=1S/C15H27N3O/c1-12(2)11-18(8-9-19-5)15-10-14(6-7-17-15)13(3)16-4/h6-7,10,12-13,16H,8-9,11H2,1-5H3. The summed E-state index contributed by atoms with van der Waals surface area (Å²) in [5.74, 6) is 1.63. The first kappa shape index (κ1) is 15.9. The highest BCUT2D eigenvalue weighted by molar-refractivity contribution is 5.41. The lowest BCUT2D eigenvalue weighted by atomic mass is 10.1. The molecule has 0 spiro atoms. The Balaban J connectivity index is 2.87. The lowest BCUT2D eigenvalue weighted by Gasteiger charge is -2.26. The second-order valence-electron chi connectivity index (χ2n) is 5.29. The minimum absolute atomic E-state index is 0.338. The quantitative estimate of drug-likeness (QED) is 0.783. The zero-order valence-corrected chi connectivity index (χ0v) is 12.8. The maximum absolute atomic E-state index is 5.19. The van der Waals surface area contributed by atoms with Crippen LogP contribution in [-0.2, 0) is 4.74 Å². The van der Waals surface area contributed by atoms with Crippen molar-refractivity contribution >= 4 is 5.82 Å². The van der Waals surface area contributed by atoms with Crippen LogP contribution in [0.15, 0.2) is 18.3 Å². The Morgan fingerprint density at radius 2 is 2.11 bits per heavy atom. The van der Waals surface area contributed by atoms with Crippen LogP contribution in [0.25, 0.3) is 0 Å². The Morgan fingerprint density at radius 1 is 1.37 bits per heavy atom. The van der Waals surface area contributed by atoms with E-state index in [2.05, 4.69) is 48.1 Å². The Bertz CT molecular complexity index is 368. The zero-order chi connectivity index (χ0) is 14.3. The summed E-state index contributed by atoms with van der Waals surface area (Å²) in [5, 5.41) is 3.26. The molecule has 0 aliphatic rings. The molecule has 0 aliphatic heterocycles. The monoisotopic (exact) mass is 265 g/mol. The van der Waals surface area contributed by atoms with Crippen LogP contribution in [-0.4, -0.2) is 38.8 Å². The van der Waals surface area contributed by atoms with Crippen molar-refractivity contribution in [1.29, 1.82) is 0 Å². The molecule has 0 bridgehead atoms. The van der Waals surface area contributed by atoms with E-state index >= 15 is 0 Å². The first-order valence-corrected chi connectivity index (χ1v) is 6.95. The van der Waals surface area contributed by atoms with E-state index < -0.39 is 0 Å². The van der Waals surface area contributed by atoms with E-state index in [9.17, 15) is 0 Å². The van der Waals surface area contributed by atoms with Crippen molar-refractivity contribution in [2.24, 2.45) is 5.92 Å². The number of methoxy groups -OCH3 is 1. The SMILES string of the molecule is CNC(C)c1ccnc(N(CCOC)CC(C)C)c1. The summed E-state index contributed by atoms with van der Waals surface area (Å²) in [7, 11) is 3.71. The molecule has 19 heavy (non-hydrogen) atoms. The fourth-order valence-corrected chi connectivity index (χ4v) is 1.98. The van der Waals surface area contributed by atoms with E-state index in [0.717, 1.165) is 25.5 Å². The number of nitrogens with one attached hydrogen (secondary N) is 1. The fourth-order valence-electron chi connectivity index (χ4n) is 1.98. The third-order valence-corrected chi connectivity index (χ3v) is 3.18. The molecule has 4 heteroatoms. The summed E-state index contributed by atoms with van der Waals surface area (Å²) in [4.78, 5) is 6.80. The predicted molar refractivity (Wildman–Crippen MR) is 80.6 cm³/mol. The van der Waals surface area contributed by atoms with Crippen LogP contribution in [0.5, 0.6) is 0 Å². The Morgan fingerprint density at radius 3 is 2.68 bits per heavy atom. The molecule has 0 aromatic carbocycles. The summed E-state index contributed by atoms with van der Waals surface area (Å²) in [6.07, 6.45) is 1.89. The topological polar surface area (TPSA) is 37.4 Å². The average molecular weight is 265 g/mol. The molecule has 1 rings (SSSR count). The number of ether oxygens (including phenoxy) is 1. The van der Waals surface area contributed by atoms with Gasteiger partial charge in [0.15, 0.2) is 0 Å². The highest BCUT2D eigenvalue weighted by Gasteiger charge is 2.11. The normalized spacial score (nSPS) is 12.7. The zero-order valence-electron chi connectivity index (χ0n) is 12.8. The summed E-state index contributed by atoms with van der Waals surface area (Å²) in [6.45, 7) is 9.19. The van der Waals surface area contributed by atoms with E-state index in [1.54, 1.807) is 7.11 Å². The van der Waals surface area contributed by atoms with Crippen LogP contribution >= 0.6 is 0 Å². The van der Waals surface area contributed by atoms with Crippen LogP contribution < -0.4 is 10.2 Å². The van der Waals surface area contributed by atoms with Gasteiger partial charge in [-0.05, 0) is 37.6 Å². The number of anilines is 1. The van der Waals surface area contributed by atoms with Crippen molar-refractivity contribution in [1.82, 2.24) is 10.3 Å². The third kappa shape index (κ3) is 5.17. The van der Waals surface area contributed by atoms with Crippen LogP contribution in [0.2, 0.25) is 0 Å². The summed E-state index contributed by atoms with van der Waals surface area (Å²) in [6, 6.07) is 4.57. The van der Waals surface area contributed by atoms with Crippen LogP contribution in [0.1, 0.15) is 32.4 Å². The van der Waals surface area contributed by atoms with Crippen molar-refractivity contribution < 1.29 is 4.74 Å². The minimum atomic E-state index is 0.338. The van der Waals surface area contributed by atoms with Gasteiger partial charge in [-0.15, -0.1) is 0 Å². The first-order chi connectivity index (χ1) is 9.08. The molecule has 0 radical (unpaired) electrons. The van der Waals surface area contributed by atoms with Crippen molar-refractivity contribution in [2.75, 3.05) is 38.8 Å². The van der Waals surface area contributed by atoms with Crippen molar-refractivity contribution in [3.05, 3.63) is 23.9 Å². The van der Waals surface area contributed by atoms with Gasteiger partial charge in [-0.2, -0.15) is 0 Å². The Kier molecular flexibility index (Phi) is 6.81. The van der Waals surface area contributed by atoms with Gasteiger partial charge < -0.3 is 15.0 Å². The molecule has 0 saturated carbocycles. The number of pyridine rings is 1. The molecule has 0 saturated heterocycles. The molecule has 1 aromatic rings. The highest BCUT2D eigenvalue weighted by Crippen LogP contribution is 2.18. The molecular weight excluding hydrogens is 238 g/mol. The number of hydrogen-bond acceptors (Lipinski definition) is 4. The molecule has 1 unspecified atom stereocenters. The molecular formula is C15H27N3O. The van der Waals surface area contributed by atoms with Gasteiger partial charge in [0, 0.05) is 32.4 Å². The van der Waals surface area contributed by atoms with E-state index in [-0.39, 0.29) is 0 Å². The molecule has 0 amide bonds. The molecule has 0 fully saturated rings. The Hall–Kier alpha value is -1.13. The van der Waals surface area contributed by atoms with Crippen LogP contribution in [0.3, 0.4) is 0 Å². The molecule has 4 nitrogen and oxygen atoms in total. The third-order valence-electron chi connectivity index (χ3n) is 3.18. The summed E-state index contributed by atoms with van der Waals surface area (Å²) < 4.78 is 5.19. The van der Waals surface area contributed by atoms with Gasteiger partial charge in [-0.3, -0.25) is 0 Å². The van der Waals surface area contributed by atoms with Crippen molar-refractivity contribution in [3.63, 3.8) is 0 Å². The predicted octanol–water partition coefficient (Wildman–Crippen LogP) is 2.47. The van der Waals surface area contributed by atoms with Gasteiger partial charge in [0.2, 0.25) is 0 Å². The maximum Gasteiger partial charge on any atom is 0.128 e. The van der Waals surface area contributed by atoms with Crippen molar-refractivity contribution in [2.45, 2.75) is 26.8 Å². The van der Waals surface area contributed by atoms with E-state index in [0.29, 0.717) is 12.0 Å². The van der Waals surface area contributed by atoms with Gasteiger partial charge in [-0.1, -0.05) is 13.8 Å². The summed E-state index contributed by atoms with van der Waals surface area (Å²) >= 11 is 0. The van der Waals surface area contributed by atoms with Gasteiger partial charge in [-0.25, -0.2) is 4.98 Å². The smallest absolute Gasteiger partial charge is 0.128 e. The van der Waals surface area contributed by atoms with Gasteiger partial charge in [0.05, 0.1) is 6.61 Å². The maximum atomic E-state index is 5.19. The lowest BCUT2D eigenvalue weighted by molar-refractivity contribution is 0.204.